The van der Waals surface area contributed by atoms with Gasteiger partial charge in [-0.1, -0.05) is 12.1 Å². The van der Waals surface area contributed by atoms with Crippen LogP contribution in [0.5, 0.6) is 0 Å². The Morgan fingerprint density at radius 1 is 0.960 bits per heavy atom. The molecule has 1 aromatic rings. The van der Waals surface area contributed by atoms with Crippen LogP contribution in [0.2, 0.25) is 0 Å². The highest BCUT2D eigenvalue weighted by Crippen LogP contribution is 2.13. The summed E-state index contributed by atoms with van der Waals surface area (Å²) in [5, 5.41) is 0. The molecule has 0 saturated heterocycles. The van der Waals surface area contributed by atoms with Crippen LogP contribution in [0.4, 0.5) is 5.69 Å². The molecular weight excluding hydrogens is 324 g/mol. The monoisotopic (exact) mass is 348 g/mol. The quantitative estimate of drug-likeness (QED) is 0.522. The van der Waals surface area contributed by atoms with Gasteiger partial charge >= 0.3 is 11.9 Å². The number of carbonyl (C=O) groups is 3. The first-order valence-electron chi connectivity index (χ1n) is 7.85. The molecular formula is C18H24N2O5. The van der Waals surface area contributed by atoms with Gasteiger partial charge in [0.05, 0.1) is 6.61 Å². The molecule has 0 bridgehead atoms. The van der Waals surface area contributed by atoms with Gasteiger partial charge in [0.15, 0.2) is 6.61 Å². The van der Waals surface area contributed by atoms with Crippen molar-refractivity contribution < 1.29 is 23.9 Å². The summed E-state index contributed by atoms with van der Waals surface area (Å²) < 4.78 is 9.44. The first-order valence-corrected chi connectivity index (χ1v) is 7.85. The van der Waals surface area contributed by atoms with E-state index >= 15 is 0 Å². The van der Waals surface area contributed by atoms with E-state index in [0.29, 0.717) is 6.54 Å². The van der Waals surface area contributed by atoms with Gasteiger partial charge < -0.3 is 19.3 Å². The third-order valence-corrected chi connectivity index (χ3v) is 3.28. The molecule has 0 radical (unpaired) electrons. The Kier molecular flexibility index (Phi) is 8.18. The average molecular weight is 348 g/mol. The van der Waals surface area contributed by atoms with Gasteiger partial charge in [0.25, 0.3) is 5.91 Å². The van der Waals surface area contributed by atoms with E-state index in [0.717, 1.165) is 23.4 Å². The molecule has 7 nitrogen and oxygen atoms in total. The van der Waals surface area contributed by atoms with Crippen molar-refractivity contribution in [3.8, 4) is 0 Å². The molecule has 1 amide bonds. The number of amides is 1. The maximum atomic E-state index is 12.0. The Bertz CT molecular complexity index is 623. The van der Waals surface area contributed by atoms with Gasteiger partial charge in [-0.05, 0) is 24.6 Å². The van der Waals surface area contributed by atoms with Gasteiger partial charge in [0.1, 0.15) is 0 Å². The van der Waals surface area contributed by atoms with Crippen LogP contribution in [0.25, 0.3) is 0 Å². The van der Waals surface area contributed by atoms with Crippen molar-refractivity contribution in [3.05, 3.63) is 42.0 Å². The molecule has 0 saturated carbocycles. The van der Waals surface area contributed by atoms with E-state index in [2.05, 4.69) is 4.74 Å². The second-order valence-electron chi connectivity index (χ2n) is 5.50. The lowest BCUT2D eigenvalue weighted by Crippen LogP contribution is -2.30. The summed E-state index contributed by atoms with van der Waals surface area (Å²) in [5.41, 5.74) is 2.04. The number of hydrogen-bond donors (Lipinski definition) is 0. The average Bonchev–Trinajstić information content (AvgIpc) is 2.58. The molecule has 1 aromatic carbocycles. The van der Waals surface area contributed by atoms with Crippen LogP contribution in [-0.2, 0) is 30.4 Å². The molecule has 0 spiro atoms. The van der Waals surface area contributed by atoms with Gasteiger partial charge in [0.2, 0.25) is 0 Å². The zero-order valence-corrected chi connectivity index (χ0v) is 15.0. The van der Waals surface area contributed by atoms with Crippen molar-refractivity contribution in [2.24, 2.45) is 0 Å². The molecule has 0 atom stereocenters. The van der Waals surface area contributed by atoms with Crippen LogP contribution in [0.1, 0.15) is 12.5 Å². The maximum Gasteiger partial charge on any atom is 0.331 e. The van der Waals surface area contributed by atoms with Crippen LogP contribution in [-0.4, -0.2) is 57.1 Å². The van der Waals surface area contributed by atoms with Gasteiger partial charge in [-0.3, -0.25) is 4.79 Å². The molecule has 0 heterocycles. The smallest absolute Gasteiger partial charge is 0.331 e. The predicted octanol–water partition coefficient (Wildman–Crippen LogP) is 1.37. The Hall–Kier alpha value is -2.83. The molecule has 0 aliphatic carbocycles. The summed E-state index contributed by atoms with van der Waals surface area (Å²) in [6, 6.07) is 7.81. The molecule has 0 aliphatic rings. The fourth-order valence-corrected chi connectivity index (χ4v) is 1.88. The number of carbonyl (C=O) groups excluding carboxylic acids is 3. The summed E-state index contributed by atoms with van der Waals surface area (Å²) in [6.45, 7) is 1.89. The topological polar surface area (TPSA) is 76.2 Å². The summed E-state index contributed by atoms with van der Waals surface area (Å²) >= 11 is 0. The van der Waals surface area contributed by atoms with E-state index in [1.165, 1.54) is 4.90 Å². The maximum absolute atomic E-state index is 12.0. The Labute approximate surface area is 147 Å². The van der Waals surface area contributed by atoms with Gasteiger partial charge in [-0.2, -0.15) is 0 Å². The summed E-state index contributed by atoms with van der Waals surface area (Å²) in [4.78, 5) is 38.0. The van der Waals surface area contributed by atoms with Gasteiger partial charge in [-0.15, -0.1) is 0 Å². The summed E-state index contributed by atoms with van der Waals surface area (Å²) in [6.07, 6.45) is 1.90. The highest BCUT2D eigenvalue weighted by molar-refractivity contribution is 5.92. The van der Waals surface area contributed by atoms with E-state index in [-0.39, 0.29) is 12.5 Å². The molecule has 136 valence electrons. The van der Waals surface area contributed by atoms with E-state index in [1.54, 1.807) is 14.0 Å². The Balaban J connectivity index is 2.43. The minimum absolute atomic E-state index is 0.219. The predicted molar refractivity (Wildman–Crippen MR) is 94.0 cm³/mol. The van der Waals surface area contributed by atoms with Gasteiger partial charge in [-0.25, -0.2) is 9.59 Å². The third-order valence-electron chi connectivity index (χ3n) is 3.28. The lowest BCUT2D eigenvalue weighted by Gasteiger charge is -2.18. The number of ether oxygens (including phenoxy) is 2. The van der Waals surface area contributed by atoms with Gasteiger partial charge in [0, 0.05) is 45.5 Å². The highest BCUT2D eigenvalue weighted by atomic mass is 16.5. The second-order valence-corrected chi connectivity index (χ2v) is 5.50. The normalized spacial score (nSPS) is 10.4. The number of benzene rings is 1. The number of rotatable bonds is 8. The Morgan fingerprint density at radius 2 is 1.52 bits per heavy atom. The van der Waals surface area contributed by atoms with E-state index in [9.17, 15) is 14.4 Å². The number of anilines is 1. The lowest BCUT2D eigenvalue weighted by atomic mass is 10.2. The number of hydrogen-bond acceptors (Lipinski definition) is 6. The molecule has 1 rings (SSSR count). The first-order chi connectivity index (χ1) is 11.8. The number of nitrogens with zero attached hydrogens (tertiary/aromatic N) is 2. The molecule has 7 heteroatoms. The van der Waals surface area contributed by atoms with Crippen molar-refractivity contribution in [1.82, 2.24) is 4.90 Å². The van der Waals surface area contributed by atoms with Crippen molar-refractivity contribution >= 4 is 23.5 Å². The van der Waals surface area contributed by atoms with Crippen LogP contribution in [0.3, 0.4) is 0 Å². The van der Waals surface area contributed by atoms with Crippen molar-refractivity contribution in [2.45, 2.75) is 13.5 Å². The standard InChI is InChI=1S/C18H24N2O5/c1-5-24-17(22)10-11-18(23)25-13-16(21)20(4)12-14-6-8-15(9-7-14)19(2)3/h6-11H,5,12-13H2,1-4H3/b11-10+. The zero-order valence-electron chi connectivity index (χ0n) is 15.0. The summed E-state index contributed by atoms with van der Waals surface area (Å²) in [7, 11) is 5.54. The minimum Gasteiger partial charge on any atom is -0.463 e. The first kappa shape index (κ1) is 20.2. The van der Waals surface area contributed by atoms with Crippen molar-refractivity contribution in [3.63, 3.8) is 0 Å². The highest BCUT2D eigenvalue weighted by Gasteiger charge is 2.12. The molecule has 0 fully saturated rings. The zero-order chi connectivity index (χ0) is 18.8. The van der Waals surface area contributed by atoms with E-state index in [4.69, 9.17) is 4.74 Å². The van der Waals surface area contributed by atoms with Crippen LogP contribution in [0, 0.1) is 0 Å². The molecule has 25 heavy (non-hydrogen) atoms. The fourth-order valence-electron chi connectivity index (χ4n) is 1.88. The minimum atomic E-state index is -0.773. The number of esters is 2. The lowest BCUT2D eigenvalue weighted by molar-refractivity contribution is -0.148. The largest absolute Gasteiger partial charge is 0.463 e. The van der Waals surface area contributed by atoms with Crippen LogP contribution >= 0.6 is 0 Å². The van der Waals surface area contributed by atoms with E-state index < -0.39 is 18.5 Å². The fraction of sp³-hybridized carbons (Fsp3) is 0.389. The second kappa shape index (κ2) is 10.1. The number of likely N-dealkylation sites (N-methyl/N-ethyl adjacent to an activating group) is 1. The molecule has 0 N–H and O–H groups in total. The van der Waals surface area contributed by atoms with Crippen LogP contribution < -0.4 is 4.90 Å². The van der Waals surface area contributed by atoms with Crippen LogP contribution in [0.15, 0.2) is 36.4 Å². The third kappa shape index (κ3) is 7.52. The van der Waals surface area contributed by atoms with E-state index in [1.807, 2.05) is 43.3 Å². The van der Waals surface area contributed by atoms with Crippen molar-refractivity contribution in [2.75, 3.05) is 39.3 Å². The molecule has 0 aromatic heterocycles. The SMILES string of the molecule is CCOC(=O)/C=C/C(=O)OCC(=O)N(C)Cc1ccc(N(C)C)cc1. The van der Waals surface area contributed by atoms with Crippen molar-refractivity contribution in [1.29, 1.82) is 0 Å². The summed E-state index contributed by atoms with van der Waals surface area (Å²) in [5.74, 6) is -1.75. The molecule has 0 unspecified atom stereocenters. The molecule has 0 aliphatic heterocycles. The Morgan fingerprint density at radius 3 is 2.04 bits per heavy atom.